The topological polar surface area (TPSA) is 40.5 Å². The summed E-state index contributed by atoms with van der Waals surface area (Å²) in [6, 6.07) is 0. The van der Waals surface area contributed by atoms with Gasteiger partial charge >= 0.3 is 0 Å². The second-order valence-electron chi connectivity index (χ2n) is 1.96. The van der Waals surface area contributed by atoms with Gasteiger partial charge in [0.15, 0.2) is 0 Å². The van der Waals surface area contributed by atoms with E-state index in [2.05, 4.69) is 13.2 Å². The molecule has 0 saturated carbocycles. The predicted molar refractivity (Wildman–Crippen MR) is 46.4 cm³/mol. The Morgan fingerprint density at radius 3 is 2.18 bits per heavy atom. The second kappa shape index (κ2) is 4.39. The predicted octanol–water partition coefficient (Wildman–Crippen LogP) is 2.63. The highest BCUT2D eigenvalue weighted by Gasteiger charge is 1.94. The first kappa shape index (κ1) is 9.56. The van der Waals surface area contributed by atoms with E-state index in [9.17, 15) is 0 Å². The number of hydrogen-bond acceptors (Lipinski definition) is 2. The maximum Gasteiger partial charge on any atom is 0.115 e. The largest absolute Gasteiger partial charge is 0.508 e. The van der Waals surface area contributed by atoms with Crippen LogP contribution in [0.25, 0.3) is 0 Å². The molecular formula is C9H12O2. The van der Waals surface area contributed by atoms with Gasteiger partial charge in [0.05, 0.1) is 0 Å². The number of rotatable bonds is 3. The van der Waals surface area contributed by atoms with Crippen molar-refractivity contribution in [3.8, 4) is 0 Å². The Morgan fingerprint density at radius 1 is 1.36 bits per heavy atom. The number of aliphatic hydroxyl groups excluding tert-OH is 2. The van der Waals surface area contributed by atoms with E-state index in [-0.39, 0.29) is 11.5 Å². The van der Waals surface area contributed by atoms with Crippen molar-refractivity contribution in [3.63, 3.8) is 0 Å². The smallest absolute Gasteiger partial charge is 0.115 e. The zero-order valence-corrected chi connectivity index (χ0v) is 6.54. The molecule has 0 atom stereocenters. The van der Waals surface area contributed by atoms with Gasteiger partial charge in [-0.15, -0.1) is 0 Å². The second-order valence-corrected chi connectivity index (χ2v) is 1.96. The fourth-order valence-electron chi connectivity index (χ4n) is 0.503. The molecule has 0 aliphatic rings. The highest BCUT2D eigenvalue weighted by Crippen LogP contribution is 2.07. The van der Waals surface area contributed by atoms with Gasteiger partial charge < -0.3 is 10.2 Å². The Hall–Kier alpha value is -1.44. The Bertz CT molecular complexity index is 222. The molecule has 2 nitrogen and oxygen atoms in total. The number of aliphatic hydroxyl groups is 2. The van der Waals surface area contributed by atoms with Crippen LogP contribution in [0.15, 0.2) is 48.5 Å². The van der Waals surface area contributed by atoms with Crippen molar-refractivity contribution in [1.29, 1.82) is 0 Å². The van der Waals surface area contributed by atoms with Gasteiger partial charge in [0.1, 0.15) is 11.5 Å². The van der Waals surface area contributed by atoms with Crippen molar-refractivity contribution >= 4 is 0 Å². The molecule has 0 spiro atoms. The molecule has 0 aromatic heterocycles. The maximum atomic E-state index is 8.99. The van der Waals surface area contributed by atoms with E-state index in [1.807, 2.05) is 0 Å². The van der Waals surface area contributed by atoms with Crippen molar-refractivity contribution in [2.75, 3.05) is 0 Å². The molecule has 2 heteroatoms. The maximum absolute atomic E-state index is 8.99. The third-order valence-corrected chi connectivity index (χ3v) is 1.15. The average molecular weight is 152 g/mol. The molecule has 0 aromatic carbocycles. The van der Waals surface area contributed by atoms with Gasteiger partial charge in [0.2, 0.25) is 0 Å². The van der Waals surface area contributed by atoms with Crippen LogP contribution in [0.4, 0.5) is 0 Å². The minimum absolute atomic E-state index is 0.0788. The lowest BCUT2D eigenvalue weighted by atomic mass is 10.2. The summed E-state index contributed by atoms with van der Waals surface area (Å²) in [6.45, 7) is 8.42. The first-order valence-corrected chi connectivity index (χ1v) is 3.19. The van der Waals surface area contributed by atoms with Gasteiger partial charge in [0.25, 0.3) is 0 Å². The van der Waals surface area contributed by atoms with E-state index >= 15 is 0 Å². The lowest BCUT2D eigenvalue weighted by Crippen LogP contribution is -1.83. The summed E-state index contributed by atoms with van der Waals surface area (Å²) in [6.07, 6.45) is 4.31. The van der Waals surface area contributed by atoms with Crippen LogP contribution in [-0.4, -0.2) is 10.2 Å². The molecule has 0 fully saturated rings. The first-order chi connectivity index (χ1) is 5.11. The molecule has 0 bridgehead atoms. The molecule has 0 unspecified atom stereocenters. The van der Waals surface area contributed by atoms with Crippen LogP contribution < -0.4 is 0 Å². The Morgan fingerprint density at radius 2 is 1.91 bits per heavy atom. The van der Waals surface area contributed by atoms with Gasteiger partial charge in [-0.3, -0.25) is 0 Å². The molecule has 0 heterocycles. The molecule has 0 aliphatic carbocycles. The normalized spacial score (nSPS) is 12.8. The molecule has 0 rings (SSSR count). The summed E-state index contributed by atoms with van der Waals surface area (Å²) >= 11 is 0. The monoisotopic (exact) mass is 152 g/mol. The van der Waals surface area contributed by atoms with Gasteiger partial charge in [-0.05, 0) is 19.1 Å². The number of hydrogen-bond donors (Lipinski definition) is 2. The zero-order valence-electron chi connectivity index (χ0n) is 6.54. The zero-order chi connectivity index (χ0) is 8.85. The summed E-state index contributed by atoms with van der Waals surface area (Å²) < 4.78 is 0. The fraction of sp³-hybridized carbons (Fsp3) is 0.111. The Labute approximate surface area is 66.5 Å². The molecule has 0 radical (unpaired) electrons. The van der Waals surface area contributed by atoms with Crippen molar-refractivity contribution in [2.45, 2.75) is 6.92 Å². The van der Waals surface area contributed by atoms with E-state index in [0.29, 0.717) is 5.57 Å². The van der Waals surface area contributed by atoms with Crippen LogP contribution >= 0.6 is 0 Å². The van der Waals surface area contributed by atoms with E-state index in [0.717, 1.165) is 0 Å². The van der Waals surface area contributed by atoms with Crippen molar-refractivity contribution in [2.24, 2.45) is 0 Å². The third-order valence-electron chi connectivity index (χ3n) is 1.15. The highest BCUT2D eigenvalue weighted by atomic mass is 16.3. The van der Waals surface area contributed by atoms with E-state index in [1.54, 1.807) is 6.92 Å². The van der Waals surface area contributed by atoms with Gasteiger partial charge in [-0.2, -0.15) is 0 Å². The summed E-state index contributed by atoms with van der Waals surface area (Å²) in [5.74, 6) is -0.0245. The Kier molecular flexibility index (Phi) is 3.81. The van der Waals surface area contributed by atoms with Crippen molar-refractivity contribution < 1.29 is 10.2 Å². The van der Waals surface area contributed by atoms with Crippen LogP contribution in [-0.2, 0) is 0 Å². The van der Waals surface area contributed by atoms with E-state index < -0.39 is 0 Å². The summed E-state index contributed by atoms with van der Waals surface area (Å²) in [7, 11) is 0. The van der Waals surface area contributed by atoms with Crippen LogP contribution in [0, 0.1) is 0 Å². The summed E-state index contributed by atoms with van der Waals surface area (Å²) in [5.41, 5.74) is 0.417. The number of allylic oxidation sites excluding steroid dienone is 3. The molecule has 0 amide bonds. The van der Waals surface area contributed by atoms with E-state index in [1.165, 1.54) is 18.2 Å². The van der Waals surface area contributed by atoms with Crippen LogP contribution in [0.3, 0.4) is 0 Å². The molecule has 11 heavy (non-hydrogen) atoms. The third kappa shape index (κ3) is 3.30. The van der Waals surface area contributed by atoms with Gasteiger partial charge in [0, 0.05) is 5.57 Å². The molecular weight excluding hydrogens is 140 g/mol. The minimum atomic E-state index is -0.103. The van der Waals surface area contributed by atoms with Crippen LogP contribution in [0.5, 0.6) is 0 Å². The molecule has 0 aliphatic heterocycles. The molecule has 2 N–H and O–H groups in total. The summed E-state index contributed by atoms with van der Waals surface area (Å²) in [4.78, 5) is 0. The lowest BCUT2D eigenvalue weighted by Gasteiger charge is -1.97. The van der Waals surface area contributed by atoms with E-state index in [4.69, 9.17) is 10.2 Å². The minimum Gasteiger partial charge on any atom is -0.508 e. The highest BCUT2D eigenvalue weighted by molar-refractivity contribution is 5.36. The van der Waals surface area contributed by atoms with Crippen LogP contribution in [0.1, 0.15) is 6.92 Å². The van der Waals surface area contributed by atoms with Gasteiger partial charge in [-0.1, -0.05) is 19.2 Å². The molecule has 0 saturated heterocycles. The molecule has 60 valence electrons. The Balaban J connectivity index is 4.62. The average Bonchev–Trinajstić information content (AvgIpc) is 1.99. The quantitative estimate of drug-likeness (QED) is 0.482. The van der Waals surface area contributed by atoms with Crippen LogP contribution in [0.2, 0.25) is 0 Å². The first-order valence-electron chi connectivity index (χ1n) is 3.19. The lowest BCUT2D eigenvalue weighted by molar-refractivity contribution is 0.418. The van der Waals surface area contributed by atoms with Gasteiger partial charge in [-0.25, -0.2) is 0 Å². The summed E-state index contributed by atoms with van der Waals surface area (Å²) in [5, 5.41) is 17.9. The fourth-order valence-corrected chi connectivity index (χ4v) is 0.503. The standard InChI is InChI=1S/C9H12O2/c1-4-8(7(3)10)6-9(11)5-2/h4-6,10-11H,1,3H2,2H3/b8-6+,9-5+. The molecule has 0 aromatic rings. The SMILES string of the molecule is C=C/C(=C\C(O)=C/C)C(=C)O. The van der Waals surface area contributed by atoms with Crippen molar-refractivity contribution in [1.82, 2.24) is 0 Å². The van der Waals surface area contributed by atoms with Crippen molar-refractivity contribution in [3.05, 3.63) is 48.5 Å².